The Morgan fingerprint density at radius 2 is 1.81 bits per heavy atom. The van der Waals surface area contributed by atoms with Crippen LogP contribution in [0.4, 0.5) is 5.69 Å². The van der Waals surface area contributed by atoms with E-state index >= 15 is 0 Å². The van der Waals surface area contributed by atoms with E-state index in [0.717, 1.165) is 10.6 Å². The van der Waals surface area contributed by atoms with Crippen molar-refractivity contribution in [3.8, 4) is 5.75 Å². The Morgan fingerprint density at radius 1 is 1.11 bits per heavy atom. The summed E-state index contributed by atoms with van der Waals surface area (Å²) in [5.41, 5.74) is 6.33. The molecule has 0 saturated heterocycles. The summed E-state index contributed by atoms with van der Waals surface area (Å²) in [6.45, 7) is 0.752. The molecule has 2 aromatic carbocycles. The molecule has 0 unspecified atom stereocenters. The lowest BCUT2D eigenvalue weighted by Crippen LogP contribution is -2.30. The summed E-state index contributed by atoms with van der Waals surface area (Å²) in [6, 6.07) is 14.6. The van der Waals surface area contributed by atoms with Gasteiger partial charge in [0.15, 0.2) is 0 Å². The second kappa shape index (κ2) is 12.2. The number of carbonyl (C=O) groups excluding carboxylic acids is 2. The van der Waals surface area contributed by atoms with E-state index in [2.05, 4.69) is 10.6 Å². The van der Waals surface area contributed by atoms with Crippen molar-refractivity contribution in [2.24, 2.45) is 5.73 Å². The molecule has 0 aromatic heterocycles. The van der Waals surface area contributed by atoms with Gasteiger partial charge in [-0.1, -0.05) is 12.1 Å². The maximum Gasteiger partial charge on any atom is 0.253 e. The number of carbonyl (C=O) groups is 2. The van der Waals surface area contributed by atoms with E-state index < -0.39 is 0 Å². The molecule has 0 aliphatic carbocycles. The van der Waals surface area contributed by atoms with E-state index in [1.165, 1.54) is 0 Å². The lowest BCUT2D eigenvalue weighted by Gasteiger charge is -2.11. The van der Waals surface area contributed by atoms with Gasteiger partial charge in [-0.3, -0.25) is 9.59 Å². The molecule has 0 fully saturated rings. The molecule has 2 amide bonds. The van der Waals surface area contributed by atoms with Crippen LogP contribution in [0.15, 0.2) is 53.4 Å². The Hall–Kier alpha value is -2.22. The molecule has 0 aliphatic rings. The van der Waals surface area contributed by atoms with Gasteiger partial charge in [0.25, 0.3) is 5.91 Å². The van der Waals surface area contributed by atoms with Crippen molar-refractivity contribution < 1.29 is 14.3 Å². The van der Waals surface area contributed by atoms with Gasteiger partial charge in [-0.05, 0) is 36.4 Å². The standard InChI is InChI=1S/C19H23N3O3S.ClH/c1-25-14-6-8-15(9-7-14)26-13-10-18(23)22-17-5-3-2-4-16(17)19(24)21-12-11-20;/h2-9H,10-13,20H2,1H3,(H,21,24)(H,22,23);1H. The van der Waals surface area contributed by atoms with Gasteiger partial charge in [0, 0.05) is 30.2 Å². The number of anilines is 1. The van der Waals surface area contributed by atoms with Gasteiger partial charge in [0.2, 0.25) is 5.91 Å². The number of halogens is 1. The molecule has 27 heavy (non-hydrogen) atoms. The van der Waals surface area contributed by atoms with Crippen molar-refractivity contribution in [2.75, 3.05) is 31.3 Å². The second-order valence-electron chi connectivity index (χ2n) is 5.41. The number of benzene rings is 2. The van der Waals surface area contributed by atoms with Crippen LogP contribution in [-0.2, 0) is 4.79 Å². The van der Waals surface area contributed by atoms with Gasteiger partial charge in [-0.2, -0.15) is 0 Å². The summed E-state index contributed by atoms with van der Waals surface area (Å²) in [6.07, 6.45) is 0.343. The minimum atomic E-state index is -0.251. The molecule has 0 radical (unpaired) electrons. The fraction of sp³-hybridized carbons (Fsp3) is 0.263. The van der Waals surface area contributed by atoms with Crippen LogP contribution >= 0.6 is 24.2 Å². The van der Waals surface area contributed by atoms with Gasteiger partial charge < -0.3 is 21.1 Å². The first-order chi connectivity index (χ1) is 12.6. The lowest BCUT2D eigenvalue weighted by molar-refractivity contribution is -0.115. The average molecular weight is 410 g/mol. The van der Waals surface area contributed by atoms with Gasteiger partial charge in [-0.15, -0.1) is 24.2 Å². The van der Waals surface area contributed by atoms with Crippen molar-refractivity contribution in [2.45, 2.75) is 11.3 Å². The predicted molar refractivity (Wildman–Crippen MR) is 112 cm³/mol. The zero-order valence-electron chi connectivity index (χ0n) is 15.1. The summed E-state index contributed by atoms with van der Waals surface area (Å²) in [7, 11) is 1.63. The topological polar surface area (TPSA) is 93.4 Å². The Labute approximate surface area is 169 Å². The number of nitrogens with two attached hydrogens (primary N) is 1. The van der Waals surface area contributed by atoms with Crippen LogP contribution in [0.3, 0.4) is 0 Å². The highest BCUT2D eigenvalue weighted by molar-refractivity contribution is 7.99. The number of nitrogens with one attached hydrogen (secondary N) is 2. The van der Waals surface area contributed by atoms with Crippen LogP contribution in [0.1, 0.15) is 16.8 Å². The Morgan fingerprint density at radius 3 is 2.48 bits per heavy atom. The van der Waals surface area contributed by atoms with E-state index in [1.807, 2.05) is 24.3 Å². The highest BCUT2D eigenvalue weighted by atomic mass is 35.5. The minimum absolute atomic E-state index is 0. The Kier molecular flexibility index (Phi) is 10.3. The summed E-state index contributed by atoms with van der Waals surface area (Å²) in [5.74, 6) is 1.06. The van der Waals surface area contributed by atoms with Gasteiger partial charge in [0.1, 0.15) is 5.75 Å². The number of thioether (sulfide) groups is 1. The van der Waals surface area contributed by atoms with E-state index in [-0.39, 0.29) is 24.2 Å². The van der Waals surface area contributed by atoms with Crippen LogP contribution in [0.5, 0.6) is 5.75 Å². The summed E-state index contributed by atoms with van der Waals surface area (Å²) >= 11 is 1.59. The molecule has 8 heteroatoms. The number of rotatable bonds is 9. The molecule has 0 spiro atoms. The molecule has 0 saturated carbocycles. The molecule has 0 aliphatic heterocycles. The van der Waals surface area contributed by atoms with Gasteiger partial charge >= 0.3 is 0 Å². The predicted octanol–water partition coefficient (Wildman–Crippen LogP) is 2.93. The molecule has 0 heterocycles. The molecular weight excluding hydrogens is 386 g/mol. The molecule has 2 rings (SSSR count). The first kappa shape index (κ1) is 22.8. The summed E-state index contributed by atoms with van der Waals surface area (Å²) in [4.78, 5) is 25.4. The van der Waals surface area contributed by atoms with Crippen molar-refractivity contribution in [3.05, 3.63) is 54.1 Å². The molecule has 6 nitrogen and oxygen atoms in total. The monoisotopic (exact) mass is 409 g/mol. The fourth-order valence-electron chi connectivity index (χ4n) is 2.22. The second-order valence-corrected chi connectivity index (χ2v) is 6.58. The highest BCUT2D eigenvalue weighted by Crippen LogP contribution is 2.22. The Balaban J connectivity index is 0.00000364. The fourth-order valence-corrected chi connectivity index (χ4v) is 3.07. The quantitative estimate of drug-likeness (QED) is 0.553. The van der Waals surface area contributed by atoms with Crippen LogP contribution in [0.25, 0.3) is 0 Å². The molecular formula is C19H24ClN3O3S. The van der Waals surface area contributed by atoms with Crippen LogP contribution < -0.4 is 21.1 Å². The zero-order valence-corrected chi connectivity index (χ0v) is 16.7. The van der Waals surface area contributed by atoms with Gasteiger partial charge in [0.05, 0.1) is 18.4 Å². The largest absolute Gasteiger partial charge is 0.497 e. The highest BCUT2D eigenvalue weighted by Gasteiger charge is 2.12. The van der Waals surface area contributed by atoms with E-state index in [1.54, 1.807) is 43.1 Å². The molecule has 0 bridgehead atoms. The third-order valence-corrected chi connectivity index (χ3v) is 4.55. The molecule has 146 valence electrons. The number of methoxy groups -OCH3 is 1. The number of hydrogen-bond acceptors (Lipinski definition) is 5. The summed E-state index contributed by atoms with van der Waals surface area (Å²) in [5, 5.41) is 5.51. The Bertz CT molecular complexity index is 741. The van der Waals surface area contributed by atoms with E-state index in [4.69, 9.17) is 10.5 Å². The lowest BCUT2D eigenvalue weighted by atomic mass is 10.1. The third-order valence-electron chi connectivity index (χ3n) is 3.53. The molecule has 0 atom stereocenters. The number of amides is 2. The first-order valence-electron chi connectivity index (χ1n) is 8.28. The molecule has 4 N–H and O–H groups in total. The van der Waals surface area contributed by atoms with Crippen LogP contribution in [-0.4, -0.2) is 37.8 Å². The first-order valence-corrected chi connectivity index (χ1v) is 9.26. The van der Waals surface area contributed by atoms with Crippen molar-refractivity contribution in [1.29, 1.82) is 0 Å². The third kappa shape index (κ3) is 7.50. The number of hydrogen-bond donors (Lipinski definition) is 3. The maximum absolute atomic E-state index is 12.2. The normalized spacial score (nSPS) is 9.85. The van der Waals surface area contributed by atoms with Crippen LogP contribution in [0, 0.1) is 0 Å². The zero-order chi connectivity index (χ0) is 18.8. The minimum Gasteiger partial charge on any atom is -0.497 e. The SMILES string of the molecule is COc1ccc(SCCC(=O)Nc2ccccc2C(=O)NCCN)cc1.Cl. The van der Waals surface area contributed by atoms with E-state index in [0.29, 0.717) is 36.5 Å². The maximum atomic E-state index is 12.2. The number of ether oxygens (including phenoxy) is 1. The smallest absolute Gasteiger partial charge is 0.253 e. The van der Waals surface area contributed by atoms with E-state index in [9.17, 15) is 9.59 Å². The van der Waals surface area contributed by atoms with Crippen molar-refractivity contribution in [1.82, 2.24) is 5.32 Å². The van der Waals surface area contributed by atoms with Crippen molar-refractivity contribution in [3.63, 3.8) is 0 Å². The summed E-state index contributed by atoms with van der Waals surface area (Å²) < 4.78 is 5.12. The average Bonchev–Trinajstić information content (AvgIpc) is 2.67. The van der Waals surface area contributed by atoms with Crippen molar-refractivity contribution >= 4 is 41.7 Å². The number of para-hydroxylation sites is 1. The van der Waals surface area contributed by atoms with Gasteiger partial charge in [-0.25, -0.2) is 0 Å². The van der Waals surface area contributed by atoms with Crippen LogP contribution in [0.2, 0.25) is 0 Å². The molecule has 2 aromatic rings.